The summed E-state index contributed by atoms with van der Waals surface area (Å²) < 4.78 is 13.4. The Morgan fingerprint density at radius 2 is 2.00 bits per heavy atom. The van der Waals surface area contributed by atoms with Gasteiger partial charge in [-0.2, -0.15) is 0 Å². The van der Waals surface area contributed by atoms with Gasteiger partial charge in [0.25, 0.3) is 0 Å². The van der Waals surface area contributed by atoms with Crippen molar-refractivity contribution in [1.29, 1.82) is 0 Å². The minimum absolute atomic E-state index is 0.00828. The fraction of sp³-hybridized carbons (Fsp3) is 0.391. The van der Waals surface area contributed by atoms with Gasteiger partial charge in [0.1, 0.15) is 12.4 Å². The maximum absolute atomic E-state index is 13.4. The number of amides is 2. The fourth-order valence-corrected chi connectivity index (χ4v) is 4.37. The van der Waals surface area contributed by atoms with Gasteiger partial charge in [-0.25, -0.2) is 4.39 Å². The summed E-state index contributed by atoms with van der Waals surface area (Å²) in [6, 6.07) is 12.6. The molecule has 29 heavy (non-hydrogen) atoms. The van der Waals surface area contributed by atoms with E-state index < -0.39 is 0 Å². The zero-order chi connectivity index (χ0) is 20.4. The molecule has 0 spiro atoms. The van der Waals surface area contributed by atoms with Crippen molar-refractivity contribution in [2.45, 2.75) is 38.6 Å². The lowest BCUT2D eigenvalue weighted by molar-refractivity contribution is -0.124. The number of hydrogen-bond donors (Lipinski definition) is 1. The second-order valence-corrected chi connectivity index (χ2v) is 7.89. The van der Waals surface area contributed by atoms with Crippen molar-refractivity contribution in [1.82, 2.24) is 5.32 Å². The van der Waals surface area contributed by atoms with Crippen molar-refractivity contribution < 1.29 is 14.0 Å². The molecule has 5 nitrogen and oxygen atoms in total. The molecule has 2 heterocycles. The van der Waals surface area contributed by atoms with Crippen molar-refractivity contribution in [3.8, 4) is 0 Å². The normalized spacial score (nSPS) is 19.1. The summed E-state index contributed by atoms with van der Waals surface area (Å²) in [5.41, 5.74) is 3.85. The van der Waals surface area contributed by atoms with Gasteiger partial charge in [0.05, 0.1) is 0 Å². The molecule has 0 radical (unpaired) electrons. The summed E-state index contributed by atoms with van der Waals surface area (Å²) in [6.07, 6.45) is 3.01. The number of halogens is 1. The standard InChI is InChI=1S/C23H26FN3O2/c1-16-13-18(24)9-10-20(16)26-12-4-6-19(14-26)25-22(28)15-27-21-7-3-2-5-17(21)8-11-23(27)29/h2-3,5,7,9-10,13,19H,4,6,8,11-12,14-15H2,1H3,(H,25,28). The SMILES string of the molecule is Cc1cc(F)ccc1N1CCCC(NC(=O)CN2C(=O)CCc3ccccc32)C1. The highest BCUT2D eigenvalue weighted by Gasteiger charge is 2.28. The van der Waals surface area contributed by atoms with Crippen LogP contribution in [0.15, 0.2) is 42.5 Å². The van der Waals surface area contributed by atoms with Crippen LogP contribution in [-0.4, -0.2) is 37.5 Å². The lowest BCUT2D eigenvalue weighted by Crippen LogP contribution is -2.51. The molecule has 1 atom stereocenters. The molecule has 6 heteroatoms. The second-order valence-electron chi connectivity index (χ2n) is 7.89. The van der Waals surface area contributed by atoms with Crippen LogP contribution in [0, 0.1) is 12.7 Å². The molecule has 1 unspecified atom stereocenters. The number of nitrogens with one attached hydrogen (secondary N) is 1. The summed E-state index contributed by atoms with van der Waals surface area (Å²) in [5.74, 6) is -0.386. The third kappa shape index (κ3) is 4.26. The van der Waals surface area contributed by atoms with Crippen LogP contribution in [0.4, 0.5) is 15.8 Å². The van der Waals surface area contributed by atoms with Gasteiger partial charge in [-0.15, -0.1) is 0 Å². The van der Waals surface area contributed by atoms with Gasteiger partial charge in [-0.1, -0.05) is 18.2 Å². The van der Waals surface area contributed by atoms with Gasteiger partial charge >= 0.3 is 0 Å². The summed E-state index contributed by atoms with van der Waals surface area (Å²) in [4.78, 5) is 28.9. The molecule has 1 fully saturated rings. The maximum Gasteiger partial charge on any atom is 0.240 e. The molecule has 2 amide bonds. The van der Waals surface area contributed by atoms with E-state index in [0.717, 1.165) is 48.3 Å². The Morgan fingerprint density at radius 1 is 1.17 bits per heavy atom. The molecule has 0 bridgehead atoms. The van der Waals surface area contributed by atoms with Crippen molar-refractivity contribution in [3.05, 3.63) is 59.4 Å². The van der Waals surface area contributed by atoms with E-state index in [4.69, 9.17) is 0 Å². The highest BCUT2D eigenvalue weighted by molar-refractivity contribution is 6.01. The average Bonchev–Trinajstić information content (AvgIpc) is 2.70. The summed E-state index contributed by atoms with van der Waals surface area (Å²) in [5, 5.41) is 3.10. The number of fused-ring (bicyclic) bond motifs is 1. The monoisotopic (exact) mass is 395 g/mol. The molecular weight excluding hydrogens is 369 g/mol. The van der Waals surface area contributed by atoms with Crippen LogP contribution in [0.1, 0.15) is 30.4 Å². The summed E-state index contributed by atoms with van der Waals surface area (Å²) >= 11 is 0. The first kappa shape index (κ1) is 19.4. The number of aryl methyl sites for hydroxylation is 2. The molecule has 0 saturated carbocycles. The van der Waals surface area contributed by atoms with E-state index in [9.17, 15) is 14.0 Å². The Morgan fingerprint density at radius 3 is 2.83 bits per heavy atom. The Hall–Kier alpha value is -2.89. The largest absolute Gasteiger partial charge is 0.369 e. The van der Waals surface area contributed by atoms with Gasteiger partial charge in [0, 0.05) is 36.9 Å². The second kappa shape index (κ2) is 8.23. The average molecular weight is 395 g/mol. The first-order chi connectivity index (χ1) is 14.0. The Kier molecular flexibility index (Phi) is 5.51. The van der Waals surface area contributed by atoms with Gasteiger partial charge in [-0.05, 0) is 61.6 Å². The van der Waals surface area contributed by atoms with Crippen molar-refractivity contribution in [3.63, 3.8) is 0 Å². The Bertz CT molecular complexity index is 930. The lowest BCUT2D eigenvalue weighted by atomic mass is 10.0. The smallest absolute Gasteiger partial charge is 0.240 e. The van der Waals surface area contributed by atoms with E-state index in [2.05, 4.69) is 10.2 Å². The van der Waals surface area contributed by atoms with Crippen LogP contribution in [0.5, 0.6) is 0 Å². The summed E-state index contributed by atoms with van der Waals surface area (Å²) in [7, 11) is 0. The molecule has 1 saturated heterocycles. The molecule has 0 aromatic heterocycles. The van der Waals surface area contributed by atoms with Gasteiger partial charge in [0.15, 0.2) is 0 Å². The van der Waals surface area contributed by atoms with Crippen molar-refractivity contribution in [2.75, 3.05) is 29.4 Å². The fourth-order valence-electron chi connectivity index (χ4n) is 4.37. The quantitative estimate of drug-likeness (QED) is 0.865. The zero-order valence-electron chi connectivity index (χ0n) is 16.7. The molecular formula is C23H26FN3O2. The number of carbonyl (C=O) groups excluding carboxylic acids is 2. The Balaban J connectivity index is 1.40. The van der Waals surface area contributed by atoms with Crippen LogP contribution in [0.2, 0.25) is 0 Å². The van der Waals surface area contributed by atoms with Gasteiger partial charge < -0.3 is 15.1 Å². The van der Waals surface area contributed by atoms with Gasteiger partial charge in [0.2, 0.25) is 11.8 Å². The maximum atomic E-state index is 13.4. The predicted octanol–water partition coefficient (Wildman–Crippen LogP) is 3.20. The molecule has 2 aromatic rings. The van der Waals surface area contributed by atoms with Crippen LogP contribution in [-0.2, 0) is 16.0 Å². The lowest BCUT2D eigenvalue weighted by Gasteiger charge is -2.36. The van der Waals surface area contributed by atoms with Crippen LogP contribution < -0.4 is 15.1 Å². The molecule has 152 valence electrons. The first-order valence-corrected chi connectivity index (χ1v) is 10.2. The van der Waals surface area contributed by atoms with E-state index >= 15 is 0 Å². The van der Waals surface area contributed by atoms with E-state index in [0.29, 0.717) is 13.0 Å². The highest BCUT2D eigenvalue weighted by Crippen LogP contribution is 2.27. The number of benzene rings is 2. The highest BCUT2D eigenvalue weighted by atomic mass is 19.1. The Labute approximate surface area is 170 Å². The predicted molar refractivity (Wildman–Crippen MR) is 112 cm³/mol. The molecule has 4 rings (SSSR count). The number of piperidine rings is 1. The number of para-hydroxylation sites is 1. The number of carbonyl (C=O) groups is 2. The third-order valence-corrected chi connectivity index (χ3v) is 5.78. The van der Waals surface area contributed by atoms with Crippen molar-refractivity contribution >= 4 is 23.2 Å². The van der Waals surface area contributed by atoms with E-state index in [1.54, 1.807) is 11.0 Å². The zero-order valence-corrected chi connectivity index (χ0v) is 16.7. The van der Waals surface area contributed by atoms with E-state index in [1.807, 2.05) is 31.2 Å². The van der Waals surface area contributed by atoms with Gasteiger partial charge in [-0.3, -0.25) is 9.59 Å². The first-order valence-electron chi connectivity index (χ1n) is 10.2. The minimum Gasteiger partial charge on any atom is -0.369 e. The summed E-state index contributed by atoms with van der Waals surface area (Å²) in [6.45, 7) is 3.52. The molecule has 2 aliphatic rings. The third-order valence-electron chi connectivity index (χ3n) is 5.78. The molecule has 0 aliphatic carbocycles. The topological polar surface area (TPSA) is 52.7 Å². The van der Waals surface area contributed by atoms with Crippen molar-refractivity contribution in [2.24, 2.45) is 0 Å². The molecule has 1 N–H and O–H groups in total. The van der Waals surface area contributed by atoms with E-state index in [1.165, 1.54) is 12.1 Å². The van der Waals surface area contributed by atoms with Crippen LogP contribution in [0.25, 0.3) is 0 Å². The molecule has 2 aliphatic heterocycles. The molecule has 2 aromatic carbocycles. The van der Waals surface area contributed by atoms with E-state index in [-0.39, 0.29) is 30.2 Å². The van der Waals surface area contributed by atoms with Crippen LogP contribution in [0.3, 0.4) is 0 Å². The number of anilines is 2. The van der Waals surface area contributed by atoms with Crippen LogP contribution >= 0.6 is 0 Å². The minimum atomic E-state index is -0.236. The number of nitrogens with zero attached hydrogens (tertiary/aromatic N) is 2. The number of hydrogen-bond acceptors (Lipinski definition) is 3. The number of rotatable bonds is 4.